The Kier molecular flexibility index (Phi) is 5.88. The molecule has 1 aromatic rings. The van der Waals surface area contributed by atoms with Crippen molar-refractivity contribution in [2.75, 3.05) is 6.61 Å². The summed E-state index contributed by atoms with van der Waals surface area (Å²) in [6.45, 7) is 6.87. The van der Waals surface area contributed by atoms with Crippen LogP contribution in [0.15, 0.2) is 35.9 Å². The lowest BCUT2D eigenvalue weighted by Crippen LogP contribution is -2.53. The molecule has 1 aromatic carbocycles. The minimum absolute atomic E-state index is 0.0281. The minimum atomic E-state index is -1.31. The van der Waals surface area contributed by atoms with E-state index in [0.29, 0.717) is 0 Å². The number of rotatable bonds is 3. The lowest BCUT2D eigenvalue weighted by Gasteiger charge is -2.35. The van der Waals surface area contributed by atoms with Crippen LogP contribution in [0.1, 0.15) is 33.3 Å². The second kappa shape index (κ2) is 7.77. The molecule has 2 rings (SSSR count). The van der Waals surface area contributed by atoms with Gasteiger partial charge in [0.25, 0.3) is 0 Å². The molecular formula is C20H22FN3O3. The Morgan fingerprint density at radius 3 is 2.56 bits per heavy atom. The smallest absolute Gasteiger partial charge is 0.408 e. The quantitative estimate of drug-likeness (QED) is 0.820. The molecule has 0 bridgehead atoms. The van der Waals surface area contributed by atoms with E-state index in [0.717, 1.165) is 0 Å². The van der Waals surface area contributed by atoms with Crippen LogP contribution in [0.3, 0.4) is 0 Å². The summed E-state index contributed by atoms with van der Waals surface area (Å²) < 4.78 is 25.7. The molecule has 1 aliphatic rings. The molecule has 0 unspecified atom stereocenters. The third-order valence-corrected chi connectivity index (χ3v) is 4.31. The van der Waals surface area contributed by atoms with E-state index >= 15 is 0 Å². The van der Waals surface area contributed by atoms with Gasteiger partial charge in [0.15, 0.2) is 0 Å². The van der Waals surface area contributed by atoms with Gasteiger partial charge in [-0.3, -0.25) is 0 Å². The van der Waals surface area contributed by atoms with Gasteiger partial charge in [-0.25, -0.2) is 9.18 Å². The van der Waals surface area contributed by atoms with E-state index in [1.807, 2.05) is 0 Å². The zero-order valence-electron chi connectivity index (χ0n) is 15.7. The van der Waals surface area contributed by atoms with E-state index < -0.39 is 35.1 Å². The highest BCUT2D eigenvalue weighted by atomic mass is 19.1. The van der Waals surface area contributed by atoms with Crippen LogP contribution >= 0.6 is 0 Å². The Labute approximate surface area is 158 Å². The second-order valence-corrected chi connectivity index (χ2v) is 7.42. The number of hydrogen-bond acceptors (Lipinski definition) is 5. The third kappa shape index (κ3) is 4.45. The molecule has 6 nitrogen and oxygen atoms in total. The first-order chi connectivity index (χ1) is 12.6. The first-order valence-electron chi connectivity index (χ1n) is 8.53. The van der Waals surface area contributed by atoms with Crippen molar-refractivity contribution in [3.8, 4) is 12.1 Å². The molecule has 1 fully saturated rings. The van der Waals surface area contributed by atoms with Crippen LogP contribution in [0.4, 0.5) is 9.18 Å². The molecule has 0 aliphatic carbocycles. The summed E-state index contributed by atoms with van der Waals surface area (Å²) in [5.74, 6) is -1.17. The molecular weight excluding hydrogens is 349 g/mol. The lowest BCUT2D eigenvalue weighted by atomic mass is 9.77. The van der Waals surface area contributed by atoms with Crippen LogP contribution in [0.5, 0.6) is 0 Å². The van der Waals surface area contributed by atoms with Gasteiger partial charge < -0.3 is 14.8 Å². The number of allylic oxidation sites excluding steroid dienone is 1. The predicted octanol–water partition coefficient (Wildman–Crippen LogP) is 3.55. The monoisotopic (exact) mass is 371 g/mol. The zero-order chi connectivity index (χ0) is 20.2. The fraction of sp³-hybridized carbons (Fsp3) is 0.450. The maximum absolute atomic E-state index is 14.7. The molecule has 1 N–H and O–H groups in total. The Hall–Kier alpha value is -2.90. The Bertz CT molecular complexity index is 816. The van der Waals surface area contributed by atoms with Crippen molar-refractivity contribution in [3.05, 3.63) is 47.3 Å². The Morgan fingerprint density at radius 1 is 1.37 bits per heavy atom. The zero-order valence-corrected chi connectivity index (χ0v) is 15.7. The van der Waals surface area contributed by atoms with Crippen molar-refractivity contribution >= 4 is 6.09 Å². The first-order valence-corrected chi connectivity index (χ1v) is 8.53. The summed E-state index contributed by atoms with van der Waals surface area (Å²) >= 11 is 0. The first kappa shape index (κ1) is 20.4. The molecule has 27 heavy (non-hydrogen) atoms. The maximum atomic E-state index is 14.7. The predicted molar refractivity (Wildman–Crippen MR) is 95.7 cm³/mol. The molecule has 1 saturated heterocycles. The van der Waals surface area contributed by atoms with E-state index in [1.165, 1.54) is 12.1 Å². The van der Waals surface area contributed by atoms with E-state index in [4.69, 9.17) is 20.0 Å². The van der Waals surface area contributed by atoms with Crippen LogP contribution < -0.4 is 5.32 Å². The maximum Gasteiger partial charge on any atom is 0.408 e. The number of ether oxygens (including phenoxy) is 2. The number of benzene rings is 1. The van der Waals surface area contributed by atoms with Gasteiger partial charge in [0.1, 0.15) is 34.7 Å². The van der Waals surface area contributed by atoms with E-state index in [2.05, 4.69) is 5.32 Å². The number of nitrogens with zero attached hydrogens (tertiary/aromatic N) is 2. The SMILES string of the molecule is C[C@H]1OC[C@@](NC(=O)OC(C)(C)C)(c2ccccc2F)[C@@H]1C=C(C#N)C#N. The number of carbonyl (C=O) groups is 1. The van der Waals surface area contributed by atoms with E-state index in [1.54, 1.807) is 58.0 Å². The third-order valence-electron chi connectivity index (χ3n) is 4.31. The average molecular weight is 371 g/mol. The summed E-state index contributed by atoms with van der Waals surface area (Å²) in [5, 5.41) is 21.0. The molecule has 0 aromatic heterocycles. The molecule has 1 aliphatic heterocycles. The van der Waals surface area contributed by atoms with Crippen LogP contribution in [-0.4, -0.2) is 24.4 Å². The van der Waals surface area contributed by atoms with Crippen molar-refractivity contribution < 1.29 is 18.7 Å². The largest absolute Gasteiger partial charge is 0.444 e. The Morgan fingerprint density at radius 2 is 2.00 bits per heavy atom. The number of carbonyl (C=O) groups excluding carboxylic acids is 1. The van der Waals surface area contributed by atoms with Gasteiger partial charge >= 0.3 is 6.09 Å². The van der Waals surface area contributed by atoms with Gasteiger partial charge in [-0.1, -0.05) is 18.2 Å². The normalized spacial score (nSPS) is 24.4. The molecule has 0 spiro atoms. The molecule has 3 atom stereocenters. The molecule has 1 heterocycles. The van der Waals surface area contributed by atoms with Crippen molar-refractivity contribution in [1.82, 2.24) is 5.32 Å². The number of nitrogens with one attached hydrogen (secondary N) is 1. The van der Waals surface area contributed by atoms with Crippen molar-refractivity contribution in [1.29, 1.82) is 10.5 Å². The van der Waals surface area contributed by atoms with Gasteiger partial charge in [0.2, 0.25) is 0 Å². The van der Waals surface area contributed by atoms with Crippen LogP contribution in [-0.2, 0) is 15.0 Å². The standard InChI is InChI=1S/C20H22FN3O3/c1-13-16(9-14(10-22)11-23)20(12-26-13,15-7-5-6-8-17(15)21)24-18(25)27-19(2,3)4/h5-9,13,16H,12H2,1-4H3,(H,24,25)/t13-,16-,20-/m1/s1. The highest BCUT2D eigenvalue weighted by molar-refractivity contribution is 5.70. The molecule has 1 amide bonds. The van der Waals surface area contributed by atoms with Crippen LogP contribution in [0, 0.1) is 34.4 Å². The van der Waals surface area contributed by atoms with E-state index in [9.17, 15) is 9.18 Å². The highest BCUT2D eigenvalue weighted by Gasteiger charge is 2.51. The van der Waals surface area contributed by atoms with Gasteiger partial charge in [-0.05, 0) is 39.8 Å². The lowest BCUT2D eigenvalue weighted by molar-refractivity contribution is 0.0419. The number of hydrogen-bond donors (Lipinski definition) is 1. The second-order valence-electron chi connectivity index (χ2n) is 7.42. The van der Waals surface area contributed by atoms with Gasteiger partial charge in [0, 0.05) is 11.5 Å². The fourth-order valence-electron chi connectivity index (χ4n) is 3.17. The van der Waals surface area contributed by atoms with Gasteiger partial charge in [-0.15, -0.1) is 0 Å². The number of amides is 1. The molecule has 0 radical (unpaired) electrons. The summed E-state index contributed by atoms with van der Waals surface area (Å²) in [7, 11) is 0. The molecule has 142 valence electrons. The summed E-state index contributed by atoms with van der Waals surface area (Å²) in [6, 6.07) is 9.63. The molecule has 7 heteroatoms. The van der Waals surface area contributed by atoms with Crippen molar-refractivity contribution in [2.24, 2.45) is 5.92 Å². The summed E-state index contributed by atoms with van der Waals surface area (Å²) in [6.07, 6.45) is 0.218. The average Bonchev–Trinajstić information content (AvgIpc) is 2.88. The van der Waals surface area contributed by atoms with Crippen molar-refractivity contribution in [2.45, 2.75) is 44.9 Å². The molecule has 0 saturated carbocycles. The van der Waals surface area contributed by atoms with Gasteiger partial charge in [-0.2, -0.15) is 10.5 Å². The fourth-order valence-corrected chi connectivity index (χ4v) is 3.17. The number of halogens is 1. The van der Waals surface area contributed by atoms with Crippen molar-refractivity contribution in [3.63, 3.8) is 0 Å². The highest BCUT2D eigenvalue weighted by Crippen LogP contribution is 2.42. The number of alkyl carbamates (subject to hydrolysis) is 1. The van der Waals surface area contributed by atoms with Gasteiger partial charge in [0.05, 0.1) is 12.7 Å². The van der Waals surface area contributed by atoms with Crippen LogP contribution in [0.2, 0.25) is 0 Å². The van der Waals surface area contributed by atoms with E-state index in [-0.39, 0.29) is 17.7 Å². The summed E-state index contributed by atoms with van der Waals surface area (Å²) in [4.78, 5) is 12.5. The topological polar surface area (TPSA) is 95.1 Å². The minimum Gasteiger partial charge on any atom is -0.444 e. The number of nitriles is 2. The Balaban J connectivity index is 2.58. The van der Waals surface area contributed by atoms with Crippen LogP contribution in [0.25, 0.3) is 0 Å². The summed E-state index contributed by atoms with van der Waals surface area (Å²) in [5.41, 5.74) is -1.99.